The number of allylic oxidation sites excluding steroid dienone is 2. The molecule has 1 fully saturated rings. The highest BCUT2D eigenvalue weighted by molar-refractivity contribution is 6.03. The Kier molecular flexibility index (Phi) is 8.45. The minimum atomic E-state index is -0.469. The first-order valence-electron chi connectivity index (χ1n) is 12.8. The molecule has 0 radical (unpaired) electrons. The summed E-state index contributed by atoms with van der Waals surface area (Å²) in [4.78, 5) is 39.2. The van der Waals surface area contributed by atoms with E-state index >= 15 is 0 Å². The molecule has 206 valence electrons. The van der Waals surface area contributed by atoms with Gasteiger partial charge in [-0.3, -0.25) is 15.0 Å². The molecule has 39 heavy (non-hydrogen) atoms. The van der Waals surface area contributed by atoms with Crippen molar-refractivity contribution in [3.8, 4) is 0 Å². The van der Waals surface area contributed by atoms with Crippen molar-refractivity contribution in [2.45, 2.75) is 26.4 Å². The molecule has 1 amide bonds. The topological polar surface area (TPSA) is 133 Å². The number of piperazine rings is 1. The quantitative estimate of drug-likeness (QED) is 0.125. The number of anilines is 3. The molecule has 1 aliphatic heterocycles. The third-order valence-electron chi connectivity index (χ3n) is 6.33. The maximum absolute atomic E-state index is 13.1. The van der Waals surface area contributed by atoms with E-state index < -0.39 is 5.91 Å². The minimum Gasteiger partial charge on any atom is -0.491 e. The number of ether oxygens (including phenoxy) is 1. The summed E-state index contributed by atoms with van der Waals surface area (Å²) in [5, 5.41) is 14.9. The third kappa shape index (κ3) is 6.17. The zero-order valence-electron chi connectivity index (χ0n) is 22.8. The maximum Gasteiger partial charge on any atom is 0.286 e. The van der Waals surface area contributed by atoms with E-state index in [1.54, 1.807) is 6.08 Å². The summed E-state index contributed by atoms with van der Waals surface area (Å²) in [5.41, 5.74) is 1.77. The summed E-state index contributed by atoms with van der Waals surface area (Å²) >= 11 is 0. The Labute approximate surface area is 227 Å². The molecular formula is C27H35N9O3. The van der Waals surface area contributed by atoms with Gasteiger partial charge in [0.25, 0.3) is 11.5 Å². The summed E-state index contributed by atoms with van der Waals surface area (Å²) < 4.78 is 7.86. The van der Waals surface area contributed by atoms with Crippen molar-refractivity contribution in [3.63, 3.8) is 0 Å². The fourth-order valence-corrected chi connectivity index (χ4v) is 4.31. The molecule has 1 aromatic carbocycles. The van der Waals surface area contributed by atoms with Gasteiger partial charge in [0.2, 0.25) is 5.95 Å². The van der Waals surface area contributed by atoms with Crippen LogP contribution >= 0.6 is 0 Å². The number of hydrogen-bond donors (Lipinski definition) is 3. The first-order valence-corrected chi connectivity index (χ1v) is 12.8. The third-order valence-corrected chi connectivity index (χ3v) is 6.33. The Morgan fingerprint density at radius 2 is 1.90 bits per heavy atom. The van der Waals surface area contributed by atoms with Crippen LogP contribution in [0.2, 0.25) is 0 Å². The van der Waals surface area contributed by atoms with E-state index in [2.05, 4.69) is 56.2 Å². The van der Waals surface area contributed by atoms with Crippen molar-refractivity contribution < 1.29 is 9.53 Å². The molecule has 0 aliphatic carbocycles. The average Bonchev–Trinajstić information content (AvgIpc) is 3.18. The largest absolute Gasteiger partial charge is 0.491 e. The molecule has 2 aromatic heterocycles. The van der Waals surface area contributed by atoms with Crippen LogP contribution in [0.25, 0.3) is 11.0 Å². The van der Waals surface area contributed by atoms with Crippen LogP contribution in [-0.2, 0) is 16.1 Å². The first kappa shape index (κ1) is 27.6. The van der Waals surface area contributed by atoms with Gasteiger partial charge in [-0.25, -0.2) is 14.3 Å². The highest BCUT2D eigenvalue weighted by atomic mass is 16.5. The predicted molar refractivity (Wildman–Crippen MR) is 153 cm³/mol. The molecular weight excluding hydrogens is 498 g/mol. The van der Waals surface area contributed by atoms with Crippen LogP contribution in [0.15, 0.2) is 59.7 Å². The van der Waals surface area contributed by atoms with Crippen molar-refractivity contribution in [3.05, 3.63) is 65.3 Å². The first-order chi connectivity index (χ1) is 18.7. The second kappa shape index (κ2) is 11.9. The molecule has 1 aliphatic rings. The van der Waals surface area contributed by atoms with Gasteiger partial charge in [-0.15, -0.1) is 6.58 Å². The molecule has 4 rings (SSSR count). The minimum absolute atomic E-state index is 0.0685. The molecule has 3 heterocycles. The van der Waals surface area contributed by atoms with Gasteiger partial charge in [-0.05, 0) is 45.2 Å². The number of benzene rings is 1. The summed E-state index contributed by atoms with van der Waals surface area (Å²) in [7, 11) is 3.48. The van der Waals surface area contributed by atoms with Gasteiger partial charge < -0.3 is 25.2 Å². The van der Waals surface area contributed by atoms with Gasteiger partial charge in [0.1, 0.15) is 5.39 Å². The number of aromatic nitrogens is 4. The molecule has 1 saturated heterocycles. The number of fused-ring (bicyclic) bond motifs is 1. The normalized spacial score (nSPS) is 14.5. The van der Waals surface area contributed by atoms with E-state index in [1.807, 2.05) is 26.0 Å². The van der Waals surface area contributed by atoms with Crippen LogP contribution in [0.5, 0.6) is 0 Å². The number of carbonyl (C=O) groups excluding carboxylic acids is 1. The molecule has 12 nitrogen and oxygen atoms in total. The second-order valence-corrected chi connectivity index (χ2v) is 9.61. The van der Waals surface area contributed by atoms with Crippen molar-refractivity contribution in [2.75, 3.05) is 50.6 Å². The Balaban J connectivity index is 1.65. The molecule has 12 heteroatoms. The fourth-order valence-electron chi connectivity index (χ4n) is 4.31. The monoisotopic (exact) mass is 533 g/mol. The van der Waals surface area contributed by atoms with Gasteiger partial charge in [-0.1, -0.05) is 6.08 Å². The van der Waals surface area contributed by atoms with Crippen molar-refractivity contribution in [1.29, 1.82) is 5.41 Å². The van der Waals surface area contributed by atoms with Crippen molar-refractivity contribution >= 4 is 40.1 Å². The van der Waals surface area contributed by atoms with Crippen LogP contribution in [0.4, 0.5) is 17.3 Å². The van der Waals surface area contributed by atoms with Crippen LogP contribution in [0.3, 0.4) is 0 Å². The number of rotatable bonds is 9. The van der Waals surface area contributed by atoms with Crippen LogP contribution in [-0.4, -0.2) is 82.4 Å². The molecule has 0 unspecified atom stereocenters. The van der Waals surface area contributed by atoms with E-state index in [9.17, 15) is 9.59 Å². The number of methoxy groups -OCH3 is 1. The van der Waals surface area contributed by atoms with E-state index in [0.29, 0.717) is 0 Å². The molecule has 3 N–H and O–H groups in total. The van der Waals surface area contributed by atoms with Gasteiger partial charge in [0, 0.05) is 55.9 Å². The summed E-state index contributed by atoms with van der Waals surface area (Å²) in [6, 6.07) is 7.91. The Bertz CT molecular complexity index is 1450. The lowest BCUT2D eigenvalue weighted by Gasteiger charge is -2.34. The smallest absolute Gasteiger partial charge is 0.286 e. The van der Waals surface area contributed by atoms with Crippen molar-refractivity contribution in [1.82, 2.24) is 29.5 Å². The lowest BCUT2D eigenvalue weighted by Crippen LogP contribution is -2.44. The van der Waals surface area contributed by atoms with Crippen LogP contribution < -0.4 is 21.1 Å². The maximum atomic E-state index is 13.1. The van der Waals surface area contributed by atoms with Gasteiger partial charge in [-0.2, -0.15) is 4.98 Å². The number of amides is 1. The summed E-state index contributed by atoms with van der Waals surface area (Å²) in [6.45, 7) is 11.5. The zero-order valence-corrected chi connectivity index (χ0v) is 22.8. The average molecular weight is 534 g/mol. The zero-order chi connectivity index (χ0) is 28.1. The molecule has 0 bridgehead atoms. The molecule has 3 aromatic rings. The van der Waals surface area contributed by atoms with E-state index in [-0.39, 0.29) is 46.7 Å². The number of hydrogen-bond acceptors (Lipinski definition) is 9. The van der Waals surface area contributed by atoms with Gasteiger partial charge in [0.05, 0.1) is 13.7 Å². The lowest BCUT2D eigenvalue weighted by molar-refractivity contribution is -0.120. The van der Waals surface area contributed by atoms with Crippen LogP contribution in [0.1, 0.15) is 13.8 Å². The number of likely N-dealkylation sites (N-methyl/N-ethyl adjacent to an activating group) is 1. The number of nitrogens with one attached hydrogen (secondary N) is 3. The van der Waals surface area contributed by atoms with E-state index in [1.165, 1.54) is 28.7 Å². The molecule has 0 atom stereocenters. The lowest BCUT2D eigenvalue weighted by atomic mass is 10.2. The predicted octanol–water partition coefficient (Wildman–Crippen LogP) is 2.15. The number of nitrogens with zero attached hydrogens (tertiary/aromatic N) is 6. The highest BCUT2D eigenvalue weighted by Gasteiger charge is 2.20. The van der Waals surface area contributed by atoms with Gasteiger partial charge in [0.15, 0.2) is 17.2 Å². The fraction of sp³-hybridized carbons (Fsp3) is 0.370. The Morgan fingerprint density at radius 1 is 1.21 bits per heavy atom. The standard InChI is InChI=1S/C27H35N9O3/c1-6-11-35-26(38)21-17-29-27(31-19-7-9-20(10-8-19)34-14-12-33(4)13-15-34)32-24(21)36(35)23(28)16-22(39-5)25(37)30-18(2)3/h6-10,16-18,28H,1,11-15H2,2-5H3,(H,30,37)(H,29,31,32)/b22-16+,28-23?. The van der Waals surface area contributed by atoms with Crippen molar-refractivity contribution in [2.24, 2.45) is 0 Å². The van der Waals surface area contributed by atoms with E-state index in [4.69, 9.17) is 10.1 Å². The second-order valence-electron chi connectivity index (χ2n) is 9.61. The Hall–Kier alpha value is -4.45. The molecule has 0 spiro atoms. The van der Waals surface area contributed by atoms with Crippen LogP contribution in [0, 0.1) is 5.41 Å². The van der Waals surface area contributed by atoms with Gasteiger partial charge >= 0.3 is 0 Å². The summed E-state index contributed by atoms with van der Waals surface area (Å²) in [5.74, 6) is -0.453. The highest BCUT2D eigenvalue weighted by Crippen LogP contribution is 2.22. The summed E-state index contributed by atoms with van der Waals surface area (Å²) in [6.07, 6.45) is 4.23. The Morgan fingerprint density at radius 3 is 2.51 bits per heavy atom. The number of carbonyl (C=O) groups is 1. The van der Waals surface area contributed by atoms with E-state index in [0.717, 1.165) is 37.6 Å². The molecule has 0 saturated carbocycles. The SMILES string of the molecule is C=CCn1c(=O)c2cnc(Nc3ccc(N4CCN(C)CC4)cc3)nc2n1C(=N)/C=C(/OC)C(=O)NC(C)C.